The lowest BCUT2D eigenvalue weighted by Crippen LogP contribution is -2.56. The smallest absolute Gasteiger partial charge is 0.313 e. The molecule has 8 heteroatoms. The Balaban J connectivity index is 1.66. The van der Waals surface area contributed by atoms with Crippen LogP contribution in [-0.2, 0) is 23.9 Å². The number of rotatable bonds is 4. The van der Waals surface area contributed by atoms with Crippen LogP contribution in [0.15, 0.2) is 42.5 Å². The molecule has 5 rings (SSSR count). The van der Waals surface area contributed by atoms with Gasteiger partial charge in [-0.1, -0.05) is 42.5 Å². The summed E-state index contributed by atoms with van der Waals surface area (Å²) in [4.78, 5) is 45.0. The Labute approximate surface area is 211 Å². The van der Waals surface area contributed by atoms with Gasteiger partial charge in [0.2, 0.25) is 5.91 Å². The molecule has 1 spiro atoms. The van der Waals surface area contributed by atoms with E-state index in [0.29, 0.717) is 19.4 Å². The van der Waals surface area contributed by atoms with Gasteiger partial charge in [-0.05, 0) is 51.2 Å². The van der Waals surface area contributed by atoms with Crippen LogP contribution in [0.25, 0.3) is 0 Å². The normalized spacial score (nSPS) is 34.8. The predicted molar refractivity (Wildman–Crippen MR) is 133 cm³/mol. The fourth-order valence-corrected chi connectivity index (χ4v) is 6.55. The molecule has 1 aromatic rings. The molecule has 1 aromatic carbocycles. The molecule has 4 aliphatic heterocycles. The number of amides is 2. The Kier molecular flexibility index (Phi) is 6.29. The summed E-state index contributed by atoms with van der Waals surface area (Å²) in [5, 5.41) is 9.54. The van der Waals surface area contributed by atoms with Gasteiger partial charge < -0.3 is 24.4 Å². The molecule has 1 unspecified atom stereocenters. The van der Waals surface area contributed by atoms with Gasteiger partial charge in [-0.2, -0.15) is 0 Å². The second kappa shape index (κ2) is 9.16. The van der Waals surface area contributed by atoms with Gasteiger partial charge in [0.05, 0.1) is 18.1 Å². The number of allylic oxidation sites excluding steroid dienone is 1. The number of hydrogen-bond acceptors (Lipinski definition) is 6. The van der Waals surface area contributed by atoms with E-state index in [4.69, 9.17) is 9.47 Å². The highest BCUT2D eigenvalue weighted by Crippen LogP contribution is 2.57. The molecule has 0 radical (unpaired) electrons. The Hall–Kier alpha value is -2.97. The zero-order chi connectivity index (χ0) is 25.7. The number of aryl methyl sites for hydroxylation is 2. The molecule has 5 atom stereocenters. The molecule has 192 valence electrons. The fourth-order valence-electron chi connectivity index (χ4n) is 6.55. The second-order valence-corrected chi connectivity index (χ2v) is 10.4. The van der Waals surface area contributed by atoms with Crippen LogP contribution < -0.4 is 4.90 Å². The van der Waals surface area contributed by atoms with Gasteiger partial charge >= 0.3 is 5.97 Å². The third-order valence-corrected chi connectivity index (χ3v) is 8.02. The number of carbonyl (C=O) groups is 3. The molecule has 4 aliphatic rings. The lowest BCUT2D eigenvalue weighted by atomic mass is 9.74. The van der Waals surface area contributed by atoms with Gasteiger partial charge in [0.15, 0.2) is 0 Å². The quantitative estimate of drug-likeness (QED) is 0.510. The van der Waals surface area contributed by atoms with E-state index in [1.807, 2.05) is 63.3 Å². The summed E-state index contributed by atoms with van der Waals surface area (Å²) < 4.78 is 12.3. The maximum absolute atomic E-state index is 14.4. The summed E-state index contributed by atoms with van der Waals surface area (Å²) >= 11 is 0. The third-order valence-electron chi connectivity index (χ3n) is 8.02. The molecular weight excluding hydrogens is 460 g/mol. The van der Waals surface area contributed by atoms with Crippen LogP contribution in [0.3, 0.4) is 0 Å². The number of cyclic esters (lactones) is 1. The predicted octanol–water partition coefficient (Wildman–Crippen LogP) is 2.45. The third kappa shape index (κ3) is 3.61. The summed E-state index contributed by atoms with van der Waals surface area (Å²) in [5.74, 6) is -2.82. The van der Waals surface area contributed by atoms with Crippen LogP contribution >= 0.6 is 0 Å². The van der Waals surface area contributed by atoms with Gasteiger partial charge in [0.1, 0.15) is 17.6 Å². The Morgan fingerprint density at radius 1 is 1.06 bits per heavy atom. The standard InChI is InChI=1S/C28H34N2O6/c1-18-10-7-11-19(2)22(18)29-14-8-13-28-20(24(32)30(15-9-16-31)23(28)25(29)33)21-26(34)35-17-6-4-5-12-27(21,3)36-28/h5,7-8,10-13,20-21,23,31H,4,6,9,14-17H2,1-3H3/b12-5-/t20-,21+,23?,27-,28-/m0/s1. The molecule has 36 heavy (non-hydrogen) atoms. The van der Waals surface area contributed by atoms with Gasteiger partial charge in [0, 0.05) is 25.4 Å². The molecule has 4 heterocycles. The molecule has 0 aliphatic carbocycles. The van der Waals surface area contributed by atoms with Crippen molar-refractivity contribution in [1.29, 1.82) is 0 Å². The molecule has 2 amide bonds. The number of hydrogen-bond donors (Lipinski definition) is 1. The van der Waals surface area contributed by atoms with Crippen molar-refractivity contribution < 1.29 is 29.0 Å². The topological polar surface area (TPSA) is 96.4 Å². The maximum Gasteiger partial charge on any atom is 0.313 e. The van der Waals surface area contributed by atoms with Crippen LogP contribution in [0.1, 0.15) is 37.3 Å². The lowest BCUT2D eigenvalue weighted by molar-refractivity contribution is -0.158. The van der Waals surface area contributed by atoms with Crippen molar-refractivity contribution in [2.75, 3.05) is 31.2 Å². The van der Waals surface area contributed by atoms with Crippen molar-refractivity contribution in [1.82, 2.24) is 4.90 Å². The minimum Gasteiger partial charge on any atom is -0.465 e. The zero-order valence-electron chi connectivity index (χ0n) is 21.1. The second-order valence-electron chi connectivity index (χ2n) is 10.4. The van der Waals surface area contributed by atoms with Crippen LogP contribution in [-0.4, -0.2) is 71.3 Å². The fraction of sp³-hybridized carbons (Fsp3) is 0.536. The first kappa shape index (κ1) is 24.7. The molecule has 1 N–H and O–H groups in total. The molecule has 0 saturated carbocycles. The number of aliphatic hydroxyl groups is 1. The monoisotopic (exact) mass is 494 g/mol. The molecule has 2 fully saturated rings. The number of para-hydroxylation sites is 1. The van der Waals surface area contributed by atoms with E-state index in [-0.39, 0.29) is 31.6 Å². The average Bonchev–Trinajstić information content (AvgIpc) is 3.18. The molecule has 2 saturated heterocycles. The number of likely N-dealkylation sites (tertiary alicyclic amines) is 1. The van der Waals surface area contributed by atoms with Gasteiger partial charge in [-0.3, -0.25) is 14.4 Å². The van der Waals surface area contributed by atoms with Crippen LogP contribution in [0, 0.1) is 25.7 Å². The van der Waals surface area contributed by atoms with E-state index in [9.17, 15) is 19.5 Å². The van der Waals surface area contributed by atoms with Crippen molar-refractivity contribution >= 4 is 23.5 Å². The van der Waals surface area contributed by atoms with E-state index >= 15 is 0 Å². The largest absolute Gasteiger partial charge is 0.465 e. The number of benzene rings is 1. The molecular formula is C28H34N2O6. The van der Waals surface area contributed by atoms with E-state index < -0.39 is 35.0 Å². The Morgan fingerprint density at radius 2 is 1.81 bits per heavy atom. The number of esters is 1. The number of ether oxygens (including phenoxy) is 2. The van der Waals surface area contributed by atoms with Crippen molar-refractivity contribution in [3.05, 3.63) is 53.6 Å². The number of fused-ring (bicyclic) bond motifs is 2. The number of aliphatic hydroxyl groups excluding tert-OH is 1. The van der Waals surface area contributed by atoms with E-state index in [0.717, 1.165) is 23.2 Å². The summed E-state index contributed by atoms with van der Waals surface area (Å²) in [6.07, 6.45) is 9.29. The van der Waals surface area contributed by atoms with Gasteiger partial charge in [-0.15, -0.1) is 0 Å². The van der Waals surface area contributed by atoms with Gasteiger partial charge in [0.25, 0.3) is 5.91 Å². The lowest BCUT2D eigenvalue weighted by Gasteiger charge is -2.38. The summed E-state index contributed by atoms with van der Waals surface area (Å²) in [7, 11) is 0. The van der Waals surface area contributed by atoms with E-state index in [1.54, 1.807) is 4.90 Å². The Bertz CT molecular complexity index is 1120. The first-order chi connectivity index (χ1) is 17.2. The van der Waals surface area contributed by atoms with Crippen molar-refractivity contribution in [2.24, 2.45) is 11.8 Å². The highest BCUT2D eigenvalue weighted by molar-refractivity contribution is 6.06. The first-order valence-corrected chi connectivity index (χ1v) is 12.8. The molecule has 0 aromatic heterocycles. The van der Waals surface area contributed by atoms with E-state index in [2.05, 4.69) is 0 Å². The number of carbonyl (C=O) groups excluding carboxylic acids is 3. The highest BCUT2D eigenvalue weighted by atomic mass is 16.6. The summed E-state index contributed by atoms with van der Waals surface area (Å²) in [5.41, 5.74) is 0.310. The number of nitrogens with zero attached hydrogens (tertiary/aromatic N) is 2. The van der Waals surface area contributed by atoms with E-state index in [1.165, 1.54) is 4.90 Å². The van der Waals surface area contributed by atoms with Crippen molar-refractivity contribution in [3.8, 4) is 0 Å². The summed E-state index contributed by atoms with van der Waals surface area (Å²) in [6.45, 7) is 6.40. The van der Waals surface area contributed by atoms with Crippen LogP contribution in [0.5, 0.6) is 0 Å². The molecule has 0 bridgehead atoms. The first-order valence-electron chi connectivity index (χ1n) is 12.8. The van der Waals surface area contributed by atoms with Crippen molar-refractivity contribution in [3.63, 3.8) is 0 Å². The zero-order valence-corrected chi connectivity index (χ0v) is 21.1. The average molecular weight is 495 g/mol. The Morgan fingerprint density at radius 3 is 2.53 bits per heavy atom. The molecule has 8 nitrogen and oxygen atoms in total. The maximum atomic E-state index is 14.4. The SMILES string of the molecule is Cc1cccc(C)c1N1CC=C[C@]23O[C@@]4(C)/C=C\CCCOC(=O)[C@H]4[C@H]2C(=O)N(CCCO)C3C1=O. The number of anilines is 1. The van der Waals surface area contributed by atoms with Crippen LogP contribution in [0.4, 0.5) is 5.69 Å². The van der Waals surface area contributed by atoms with Gasteiger partial charge in [-0.25, -0.2) is 0 Å². The minimum atomic E-state index is -1.32. The highest BCUT2D eigenvalue weighted by Gasteiger charge is 2.74. The summed E-state index contributed by atoms with van der Waals surface area (Å²) in [6, 6.07) is 4.91. The van der Waals surface area contributed by atoms with Crippen LogP contribution in [0.2, 0.25) is 0 Å². The minimum absolute atomic E-state index is 0.119. The van der Waals surface area contributed by atoms with Crippen molar-refractivity contribution in [2.45, 2.75) is 57.3 Å².